The largest absolute Gasteiger partial charge is 0.351 e. The van der Waals surface area contributed by atoms with E-state index in [9.17, 15) is 14.4 Å². The zero-order valence-corrected chi connectivity index (χ0v) is 21.5. The summed E-state index contributed by atoms with van der Waals surface area (Å²) >= 11 is 0. The van der Waals surface area contributed by atoms with Gasteiger partial charge in [0.15, 0.2) is 5.65 Å². The third-order valence-corrected chi connectivity index (χ3v) is 6.98. The first-order chi connectivity index (χ1) is 17.2. The van der Waals surface area contributed by atoms with E-state index in [1.807, 2.05) is 42.5 Å². The number of likely N-dealkylation sites (tertiary alicyclic amines) is 1. The molecule has 0 saturated carbocycles. The zero-order valence-electron chi connectivity index (χ0n) is 21.5. The Morgan fingerprint density at radius 1 is 1.22 bits per heavy atom. The molecule has 4 heterocycles. The SMILES string of the molecule is CC1=CC(C)=NC(=O)C1CNC(=O)c1cc(C2CCN(C(=O)CCN)CC2)nc2c1cnn2C(C)C. The highest BCUT2D eigenvalue weighted by atomic mass is 16.2. The van der Waals surface area contributed by atoms with Gasteiger partial charge in [-0.25, -0.2) is 14.7 Å². The standard InChI is InChI=1S/C26H35N7O3/c1-15(2)33-24-21(14-29-33)19(25(35)28-13-20-16(3)11-17(4)30-26(20)36)12-22(31-24)18-6-9-32(10-7-18)23(34)5-8-27/h11-12,14-15,18,20H,5-10,13,27H2,1-4H3,(H,28,35). The number of nitrogens with two attached hydrogens (primary N) is 1. The fourth-order valence-electron chi connectivity index (χ4n) is 4.97. The molecular formula is C26H35N7O3. The monoisotopic (exact) mass is 493 g/mol. The maximum Gasteiger partial charge on any atom is 0.254 e. The average Bonchev–Trinajstić information content (AvgIpc) is 3.27. The third-order valence-electron chi connectivity index (χ3n) is 6.98. The number of nitrogens with zero attached hydrogens (tertiary/aromatic N) is 5. The van der Waals surface area contributed by atoms with E-state index in [0.717, 1.165) is 24.1 Å². The van der Waals surface area contributed by atoms with Crippen molar-refractivity contribution in [2.75, 3.05) is 26.2 Å². The number of pyridine rings is 1. The van der Waals surface area contributed by atoms with Gasteiger partial charge in [-0.2, -0.15) is 5.10 Å². The number of aromatic nitrogens is 3. The molecule has 10 nitrogen and oxygen atoms in total. The molecule has 0 radical (unpaired) electrons. The van der Waals surface area contributed by atoms with Gasteiger partial charge < -0.3 is 16.0 Å². The molecule has 2 aromatic rings. The predicted molar refractivity (Wildman–Crippen MR) is 138 cm³/mol. The summed E-state index contributed by atoms with van der Waals surface area (Å²) < 4.78 is 1.82. The van der Waals surface area contributed by atoms with Gasteiger partial charge in [-0.3, -0.25) is 14.4 Å². The minimum absolute atomic E-state index is 0.0747. The second-order valence-electron chi connectivity index (χ2n) is 9.95. The van der Waals surface area contributed by atoms with Gasteiger partial charge in [0.1, 0.15) is 0 Å². The van der Waals surface area contributed by atoms with Gasteiger partial charge >= 0.3 is 0 Å². The molecule has 1 saturated heterocycles. The van der Waals surface area contributed by atoms with Crippen molar-refractivity contribution in [2.45, 2.75) is 58.9 Å². The van der Waals surface area contributed by atoms with Gasteiger partial charge in [0.25, 0.3) is 11.8 Å². The van der Waals surface area contributed by atoms with Crippen LogP contribution in [0.25, 0.3) is 11.0 Å². The van der Waals surface area contributed by atoms with Gasteiger partial charge in [-0.05, 0) is 52.7 Å². The first kappa shape index (κ1) is 25.7. The minimum atomic E-state index is -0.469. The molecule has 192 valence electrons. The lowest BCUT2D eigenvalue weighted by Crippen LogP contribution is -2.39. The van der Waals surface area contributed by atoms with E-state index in [4.69, 9.17) is 10.7 Å². The highest BCUT2D eigenvalue weighted by molar-refractivity contribution is 6.07. The van der Waals surface area contributed by atoms with E-state index >= 15 is 0 Å². The number of nitrogens with one attached hydrogen (secondary N) is 1. The Labute approximate surface area is 211 Å². The van der Waals surface area contributed by atoms with Crippen molar-refractivity contribution in [2.24, 2.45) is 16.6 Å². The number of dihydropyridines is 1. The van der Waals surface area contributed by atoms with E-state index in [0.29, 0.717) is 48.4 Å². The van der Waals surface area contributed by atoms with Crippen LogP contribution in [0.2, 0.25) is 0 Å². The summed E-state index contributed by atoms with van der Waals surface area (Å²) in [5.74, 6) is -0.770. The summed E-state index contributed by atoms with van der Waals surface area (Å²) in [4.78, 5) is 48.9. The Morgan fingerprint density at radius 3 is 2.58 bits per heavy atom. The second-order valence-corrected chi connectivity index (χ2v) is 9.95. The average molecular weight is 494 g/mol. The van der Waals surface area contributed by atoms with Crippen LogP contribution in [0.5, 0.6) is 0 Å². The van der Waals surface area contributed by atoms with Crippen LogP contribution in [0.4, 0.5) is 0 Å². The number of amides is 3. The summed E-state index contributed by atoms with van der Waals surface area (Å²) in [5, 5.41) is 8.11. The summed E-state index contributed by atoms with van der Waals surface area (Å²) in [6.45, 7) is 9.53. The number of hydrogen-bond acceptors (Lipinski definition) is 6. The van der Waals surface area contributed by atoms with Crippen molar-refractivity contribution in [3.05, 3.63) is 35.2 Å². The normalized spacial score (nSPS) is 19.0. The topological polar surface area (TPSA) is 136 Å². The molecule has 0 aromatic carbocycles. The lowest BCUT2D eigenvalue weighted by molar-refractivity contribution is -0.132. The van der Waals surface area contributed by atoms with Crippen molar-refractivity contribution in [1.82, 2.24) is 25.0 Å². The van der Waals surface area contributed by atoms with Crippen molar-refractivity contribution in [3.63, 3.8) is 0 Å². The number of rotatable bonds is 7. The first-order valence-electron chi connectivity index (χ1n) is 12.6. The molecule has 1 atom stereocenters. The molecule has 0 bridgehead atoms. The number of fused-ring (bicyclic) bond motifs is 1. The quantitative estimate of drug-likeness (QED) is 0.608. The predicted octanol–water partition coefficient (Wildman–Crippen LogP) is 2.36. The van der Waals surface area contributed by atoms with E-state index in [2.05, 4.69) is 15.4 Å². The summed E-state index contributed by atoms with van der Waals surface area (Å²) in [7, 11) is 0. The van der Waals surface area contributed by atoms with Crippen LogP contribution < -0.4 is 11.1 Å². The summed E-state index contributed by atoms with van der Waals surface area (Å²) in [5.41, 5.74) is 9.09. The van der Waals surface area contributed by atoms with Gasteiger partial charge in [0.2, 0.25) is 5.91 Å². The van der Waals surface area contributed by atoms with Crippen molar-refractivity contribution < 1.29 is 14.4 Å². The Balaban J connectivity index is 1.58. The van der Waals surface area contributed by atoms with Crippen LogP contribution in [-0.4, -0.2) is 69.3 Å². The molecule has 10 heteroatoms. The fourth-order valence-corrected chi connectivity index (χ4v) is 4.97. The molecule has 1 fully saturated rings. The molecule has 0 aliphatic carbocycles. The number of aliphatic imine (C=N–C) groups is 1. The van der Waals surface area contributed by atoms with Crippen LogP contribution in [0.3, 0.4) is 0 Å². The maximum atomic E-state index is 13.4. The summed E-state index contributed by atoms with van der Waals surface area (Å²) in [6, 6.07) is 1.92. The van der Waals surface area contributed by atoms with E-state index in [1.165, 1.54) is 0 Å². The molecule has 3 N–H and O–H groups in total. The third kappa shape index (κ3) is 5.23. The first-order valence-corrected chi connectivity index (χ1v) is 12.6. The molecule has 2 aliphatic rings. The van der Waals surface area contributed by atoms with Crippen molar-refractivity contribution in [3.8, 4) is 0 Å². The molecule has 1 unspecified atom stereocenters. The Bertz CT molecular complexity index is 1240. The molecule has 2 aliphatic heterocycles. The number of carbonyl (C=O) groups is 3. The number of allylic oxidation sites excluding steroid dienone is 1. The molecule has 2 aromatic heterocycles. The number of carbonyl (C=O) groups excluding carboxylic acids is 3. The molecule has 0 spiro atoms. The highest BCUT2D eigenvalue weighted by Crippen LogP contribution is 2.31. The zero-order chi connectivity index (χ0) is 26.0. The Morgan fingerprint density at radius 2 is 1.94 bits per heavy atom. The van der Waals surface area contributed by atoms with Gasteiger partial charge in [0.05, 0.1) is 23.1 Å². The Hall–Kier alpha value is -3.40. The molecule has 36 heavy (non-hydrogen) atoms. The van der Waals surface area contributed by atoms with Crippen LogP contribution in [-0.2, 0) is 9.59 Å². The fraction of sp³-hybridized carbons (Fsp3) is 0.538. The summed E-state index contributed by atoms with van der Waals surface area (Å²) in [6.07, 6.45) is 5.45. The van der Waals surface area contributed by atoms with Gasteiger partial charge in [-0.15, -0.1) is 0 Å². The van der Waals surface area contributed by atoms with E-state index < -0.39 is 5.92 Å². The Kier molecular flexibility index (Phi) is 7.63. The molecule has 4 rings (SSSR count). The highest BCUT2D eigenvalue weighted by Gasteiger charge is 2.28. The van der Waals surface area contributed by atoms with Crippen molar-refractivity contribution in [1.29, 1.82) is 0 Å². The number of hydrogen-bond donors (Lipinski definition) is 2. The second kappa shape index (κ2) is 10.7. The van der Waals surface area contributed by atoms with Crippen LogP contribution >= 0.6 is 0 Å². The minimum Gasteiger partial charge on any atom is -0.351 e. The number of piperidine rings is 1. The lowest BCUT2D eigenvalue weighted by atomic mass is 9.91. The van der Waals surface area contributed by atoms with E-state index in [1.54, 1.807) is 13.1 Å². The van der Waals surface area contributed by atoms with Crippen molar-refractivity contribution >= 4 is 34.5 Å². The van der Waals surface area contributed by atoms with E-state index in [-0.39, 0.29) is 36.2 Å². The smallest absolute Gasteiger partial charge is 0.254 e. The maximum absolute atomic E-state index is 13.4. The lowest BCUT2D eigenvalue weighted by Gasteiger charge is -2.32. The van der Waals surface area contributed by atoms with Gasteiger partial charge in [0, 0.05) is 56.0 Å². The molecular weight excluding hydrogens is 458 g/mol. The van der Waals surface area contributed by atoms with Gasteiger partial charge in [-0.1, -0.05) is 5.57 Å². The van der Waals surface area contributed by atoms with Crippen LogP contribution in [0, 0.1) is 5.92 Å². The van der Waals surface area contributed by atoms with Crippen LogP contribution in [0.1, 0.15) is 75.0 Å². The molecule has 3 amide bonds. The van der Waals surface area contributed by atoms with Crippen LogP contribution in [0.15, 0.2) is 28.9 Å².